The molecule has 0 amide bonds. The van der Waals surface area contributed by atoms with Gasteiger partial charge in [0.25, 0.3) is 5.56 Å². The maximum atomic E-state index is 13.5. The molecule has 1 aromatic carbocycles. The number of ether oxygens (including phenoxy) is 1. The second-order valence-corrected chi connectivity index (χ2v) is 8.87. The van der Waals surface area contributed by atoms with Gasteiger partial charge in [0.2, 0.25) is 5.82 Å². The highest BCUT2D eigenvalue weighted by molar-refractivity contribution is 7.48. The first kappa shape index (κ1) is 20.7. The number of rotatable bonds is 4. The summed E-state index contributed by atoms with van der Waals surface area (Å²) in [6.45, 7) is -0.257. The number of benzene rings is 1. The summed E-state index contributed by atoms with van der Waals surface area (Å²) in [5.41, 5.74) is -1.42. The molecule has 9 nitrogen and oxygen atoms in total. The van der Waals surface area contributed by atoms with Crippen molar-refractivity contribution in [2.24, 2.45) is 0 Å². The number of hydrogen-bond donors (Lipinski definition) is 1. The Labute approximate surface area is 172 Å². The molecule has 156 valence electrons. The number of halogens is 3. The van der Waals surface area contributed by atoms with E-state index < -0.39 is 43.3 Å². The van der Waals surface area contributed by atoms with E-state index in [9.17, 15) is 18.5 Å². The van der Waals surface area contributed by atoms with Crippen molar-refractivity contribution < 1.29 is 27.3 Å². The van der Waals surface area contributed by atoms with Crippen molar-refractivity contribution in [1.82, 2.24) is 9.55 Å². The largest absolute Gasteiger partial charge is 0.475 e. The summed E-state index contributed by atoms with van der Waals surface area (Å²) in [5, 5.41) is 0.782. The van der Waals surface area contributed by atoms with Gasteiger partial charge in [-0.25, -0.2) is 9.36 Å². The first-order chi connectivity index (χ1) is 13.7. The summed E-state index contributed by atoms with van der Waals surface area (Å²) < 4.78 is 48.8. The van der Waals surface area contributed by atoms with E-state index in [1.807, 2.05) is 4.98 Å². The lowest BCUT2D eigenvalue weighted by Crippen LogP contribution is -2.34. The molecule has 1 unspecified atom stereocenters. The number of fused-ring (bicyclic) bond motifs is 1. The predicted octanol–water partition coefficient (Wildman–Crippen LogP) is 3.01. The molecule has 13 heteroatoms. The Morgan fingerprint density at radius 3 is 2.86 bits per heavy atom. The van der Waals surface area contributed by atoms with Gasteiger partial charge in [0, 0.05) is 16.5 Å². The van der Waals surface area contributed by atoms with Crippen LogP contribution in [0.15, 0.2) is 34.0 Å². The van der Waals surface area contributed by atoms with Crippen LogP contribution in [0.4, 0.5) is 4.39 Å². The molecule has 3 heterocycles. The summed E-state index contributed by atoms with van der Waals surface area (Å²) in [4.78, 5) is 24.9. The van der Waals surface area contributed by atoms with Gasteiger partial charge < -0.3 is 4.74 Å². The van der Waals surface area contributed by atoms with E-state index >= 15 is 0 Å². The smallest absolute Gasteiger partial charge is 0.349 e. The van der Waals surface area contributed by atoms with Crippen LogP contribution in [0.1, 0.15) is 18.2 Å². The summed E-state index contributed by atoms with van der Waals surface area (Å²) >= 11 is 11.9. The number of aromatic nitrogens is 2. The van der Waals surface area contributed by atoms with Gasteiger partial charge in [-0.3, -0.25) is 27.9 Å². The zero-order valence-corrected chi connectivity index (χ0v) is 17.0. The third-order valence-electron chi connectivity index (χ3n) is 4.47. The number of nitrogens with zero attached hydrogens (tertiary/aromatic N) is 1. The van der Waals surface area contributed by atoms with Crippen molar-refractivity contribution in [3.8, 4) is 0 Å². The maximum absolute atomic E-state index is 13.5. The lowest BCUT2D eigenvalue weighted by atomic mass is 10.2. The van der Waals surface area contributed by atoms with Gasteiger partial charge in [0.1, 0.15) is 18.4 Å². The molecule has 4 atom stereocenters. The molecule has 4 rings (SSSR count). The van der Waals surface area contributed by atoms with Crippen molar-refractivity contribution in [3.05, 3.63) is 66.7 Å². The minimum atomic E-state index is -3.92. The Balaban J connectivity index is 1.45. The standard InChI is InChI=1S/C16H14Cl2FN2O7P/c17-9-2-1-8(10(18)3-9)6-25-29(24)26-7-13-12(28-29)4-14(27-13)21-5-11(19)15(22)20-16(21)23/h1-3,5,12-14H,4,6-7H2,(H,20,22,23)/t12-,13+,14+,29?/m0/s1. The molecule has 2 aliphatic rings. The van der Waals surface area contributed by atoms with Crippen LogP contribution in [-0.4, -0.2) is 28.4 Å². The van der Waals surface area contributed by atoms with Crippen LogP contribution < -0.4 is 11.2 Å². The molecule has 0 saturated carbocycles. The Bertz CT molecular complexity index is 1110. The highest BCUT2D eigenvalue weighted by atomic mass is 35.5. The van der Waals surface area contributed by atoms with E-state index in [1.54, 1.807) is 12.1 Å². The molecule has 0 radical (unpaired) electrons. The molecular formula is C16H14Cl2FN2O7P. The topological polar surface area (TPSA) is 109 Å². The normalized spacial score (nSPS) is 29.0. The first-order valence-electron chi connectivity index (χ1n) is 8.42. The summed E-state index contributed by atoms with van der Waals surface area (Å²) in [7, 11) is -3.92. The first-order valence-corrected chi connectivity index (χ1v) is 10.6. The van der Waals surface area contributed by atoms with Gasteiger partial charge in [-0.15, -0.1) is 0 Å². The average Bonchev–Trinajstić information content (AvgIpc) is 3.06. The molecule has 2 aliphatic heterocycles. The van der Waals surface area contributed by atoms with E-state index in [0.717, 1.165) is 10.8 Å². The van der Waals surface area contributed by atoms with Crippen LogP contribution >= 0.6 is 31.0 Å². The number of H-pyrrole nitrogens is 1. The number of hydrogen-bond acceptors (Lipinski definition) is 7. The van der Waals surface area contributed by atoms with E-state index in [-0.39, 0.29) is 19.6 Å². The Morgan fingerprint density at radius 2 is 2.10 bits per heavy atom. The lowest BCUT2D eigenvalue weighted by Gasteiger charge is -2.29. The molecule has 29 heavy (non-hydrogen) atoms. The van der Waals surface area contributed by atoms with E-state index in [0.29, 0.717) is 15.6 Å². The molecule has 1 aromatic heterocycles. The van der Waals surface area contributed by atoms with Crippen molar-refractivity contribution in [1.29, 1.82) is 0 Å². The second-order valence-electron chi connectivity index (χ2n) is 6.40. The fourth-order valence-corrected chi connectivity index (χ4v) is 4.86. The van der Waals surface area contributed by atoms with Crippen LogP contribution in [0.3, 0.4) is 0 Å². The molecule has 0 spiro atoms. The minimum Gasteiger partial charge on any atom is -0.349 e. The summed E-state index contributed by atoms with van der Waals surface area (Å²) in [6, 6.07) is 4.75. The molecule has 2 aromatic rings. The fraction of sp³-hybridized carbons (Fsp3) is 0.375. The SMILES string of the molecule is O=c1[nH]c(=O)n([C@H]2C[C@@H]3OP(=O)(OCc4ccc(Cl)cc4Cl)OC[C@H]3O2)cc1F. The molecule has 1 N–H and O–H groups in total. The summed E-state index contributed by atoms with van der Waals surface area (Å²) in [5.74, 6) is -1.13. The second kappa shape index (κ2) is 7.96. The van der Waals surface area contributed by atoms with Crippen LogP contribution in [0, 0.1) is 5.82 Å². The molecule has 0 aliphatic carbocycles. The van der Waals surface area contributed by atoms with Crippen LogP contribution in [0.5, 0.6) is 0 Å². The number of phosphoric acid groups is 1. The van der Waals surface area contributed by atoms with E-state index in [2.05, 4.69) is 0 Å². The van der Waals surface area contributed by atoms with Gasteiger partial charge in [-0.2, -0.15) is 4.39 Å². The Hall–Kier alpha value is -1.52. The van der Waals surface area contributed by atoms with Gasteiger partial charge in [-0.05, 0) is 17.7 Å². The number of phosphoric ester groups is 1. The molecular weight excluding hydrogens is 453 g/mol. The maximum Gasteiger partial charge on any atom is 0.475 e. The third-order valence-corrected chi connectivity index (χ3v) is 6.50. The van der Waals surface area contributed by atoms with Gasteiger partial charge in [0.05, 0.1) is 19.4 Å². The van der Waals surface area contributed by atoms with E-state index in [1.165, 1.54) is 6.07 Å². The average molecular weight is 467 g/mol. The van der Waals surface area contributed by atoms with Crippen LogP contribution in [0.2, 0.25) is 10.0 Å². The molecule has 2 saturated heterocycles. The zero-order chi connectivity index (χ0) is 20.8. The quantitative estimate of drug-likeness (QED) is 0.689. The van der Waals surface area contributed by atoms with Gasteiger partial charge in [-0.1, -0.05) is 29.3 Å². The summed E-state index contributed by atoms with van der Waals surface area (Å²) in [6.07, 6.45) is -1.46. The van der Waals surface area contributed by atoms with Crippen molar-refractivity contribution >= 4 is 31.0 Å². The lowest BCUT2D eigenvalue weighted by molar-refractivity contribution is -0.0731. The highest BCUT2D eigenvalue weighted by Crippen LogP contribution is 2.57. The molecule has 0 bridgehead atoms. The Kier molecular flexibility index (Phi) is 5.69. The fourth-order valence-electron chi connectivity index (χ4n) is 3.02. The monoisotopic (exact) mass is 466 g/mol. The minimum absolute atomic E-state index is 0.0778. The number of nitrogens with one attached hydrogen (secondary N) is 1. The third kappa shape index (κ3) is 4.34. The number of aromatic amines is 1. The Morgan fingerprint density at radius 1 is 1.31 bits per heavy atom. The van der Waals surface area contributed by atoms with Crippen molar-refractivity contribution in [2.45, 2.75) is 31.5 Å². The van der Waals surface area contributed by atoms with Gasteiger partial charge in [0.15, 0.2) is 0 Å². The van der Waals surface area contributed by atoms with Gasteiger partial charge >= 0.3 is 13.5 Å². The van der Waals surface area contributed by atoms with E-state index in [4.69, 9.17) is 41.5 Å². The highest BCUT2D eigenvalue weighted by Gasteiger charge is 2.48. The molecule has 2 fully saturated rings. The van der Waals surface area contributed by atoms with Crippen LogP contribution in [-0.2, 0) is 29.5 Å². The van der Waals surface area contributed by atoms with Crippen LogP contribution in [0.25, 0.3) is 0 Å². The predicted molar refractivity (Wildman–Crippen MR) is 99.5 cm³/mol. The van der Waals surface area contributed by atoms with Crippen molar-refractivity contribution in [3.63, 3.8) is 0 Å². The van der Waals surface area contributed by atoms with Crippen molar-refractivity contribution in [2.75, 3.05) is 6.61 Å². The zero-order valence-electron chi connectivity index (χ0n) is 14.5.